The average molecular weight is 517 g/mol. The minimum Gasteiger partial charge on any atom is -0.495 e. The number of carbonyl (C=O) groups is 1. The Labute approximate surface area is 197 Å². The van der Waals surface area contributed by atoms with Gasteiger partial charge in [-0.25, -0.2) is 8.42 Å². The zero-order valence-electron chi connectivity index (χ0n) is 18.3. The molecule has 0 heterocycles. The number of nitrogens with one attached hydrogen (secondary N) is 2. The van der Waals surface area contributed by atoms with Crippen LogP contribution in [0.2, 0.25) is 0 Å². The van der Waals surface area contributed by atoms with Gasteiger partial charge >= 0.3 is 0 Å². The van der Waals surface area contributed by atoms with E-state index in [1.54, 1.807) is 48.5 Å². The summed E-state index contributed by atoms with van der Waals surface area (Å²) in [6.45, 7) is 6.33. The van der Waals surface area contributed by atoms with Gasteiger partial charge in [0.05, 0.1) is 12.8 Å². The van der Waals surface area contributed by atoms with E-state index in [0.717, 1.165) is 5.56 Å². The van der Waals surface area contributed by atoms with Crippen LogP contribution in [0.15, 0.2) is 76.1 Å². The van der Waals surface area contributed by atoms with Crippen molar-refractivity contribution in [2.45, 2.75) is 31.1 Å². The summed E-state index contributed by atoms with van der Waals surface area (Å²) in [5, 5.41) is 2.81. The standard InChI is InChI=1S/C24H25BrN2O4S/c1-24(2,3)17-10-8-16(9-11-17)23(28)26-19-6-5-7-20(15-19)27-32(29,30)22-14-18(25)12-13-21(22)31-4/h5-15,27H,1-4H3,(H,26,28). The normalized spacial score (nSPS) is 11.7. The average Bonchev–Trinajstić information content (AvgIpc) is 2.73. The number of hydrogen-bond acceptors (Lipinski definition) is 4. The predicted molar refractivity (Wildman–Crippen MR) is 131 cm³/mol. The van der Waals surface area contributed by atoms with Gasteiger partial charge in [-0.3, -0.25) is 9.52 Å². The first kappa shape index (κ1) is 23.8. The molecule has 3 aromatic rings. The van der Waals surface area contributed by atoms with E-state index in [2.05, 4.69) is 46.7 Å². The number of amides is 1. The zero-order chi connectivity index (χ0) is 23.5. The molecule has 168 valence electrons. The summed E-state index contributed by atoms with van der Waals surface area (Å²) in [5.41, 5.74) is 2.43. The van der Waals surface area contributed by atoms with Gasteiger partial charge in [-0.05, 0) is 59.5 Å². The SMILES string of the molecule is COc1ccc(Br)cc1S(=O)(=O)Nc1cccc(NC(=O)c2ccc(C(C)(C)C)cc2)c1. The lowest BCUT2D eigenvalue weighted by molar-refractivity contribution is 0.102. The lowest BCUT2D eigenvalue weighted by Gasteiger charge is -2.19. The van der Waals surface area contributed by atoms with Crippen LogP contribution >= 0.6 is 15.9 Å². The van der Waals surface area contributed by atoms with Crippen molar-refractivity contribution in [3.05, 3.63) is 82.3 Å². The fourth-order valence-electron chi connectivity index (χ4n) is 3.06. The van der Waals surface area contributed by atoms with E-state index >= 15 is 0 Å². The van der Waals surface area contributed by atoms with Crippen molar-refractivity contribution in [2.75, 3.05) is 17.1 Å². The molecule has 0 aromatic heterocycles. The number of methoxy groups -OCH3 is 1. The van der Waals surface area contributed by atoms with E-state index < -0.39 is 10.0 Å². The van der Waals surface area contributed by atoms with Crippen LogP contribution < -0.4 is 14.8 Å². The lowest BCUT2D eigenvalue weighted by Crippen LogP contribution is -2.16. The van der Waals surface area contributed by atoms with Gasteiger partial charge in [-0.2, -0.15) is 0 Å². The Morgan fingerprint density at radius 1 is 0.938 bits per heavy atom. The van der Waals surface area contributed by atoms with Crippen LogP contribution in [0.25, 0.3) is 0 Å². The van der Waals surface area contributed by atoms with Crippen LogP contribution in [0.3, 0.4) is 0 Å². The van der Waals surface area contributed by atoms with Gasteiger partial charge in [-0.1, -0.05) is 54.9 Å². The number of ether oxygens (including phenoxy) is 1. The third kappa shape index (κ3) is 5.69. The van der Waals surface area contributed by atoms with E-state index in [4.69, 9.17) is 4.74 Å². The lowest BCUT2D eigenvalue weighted by atomic mass is 9.87. The van der Waals surface area contributed by atoms with Gasteiger partial charge in [0.15, 0.2) is 0 Å². The van der Waals surface area contributed by atoms with Crippen LogP contribution in [-0.4, -0.2) is 21.4 Å². The molecule has 0 unspecified atom stereocenters. The topological polar surface area (TPSA) is 84.5 Å². The summed E-state index contributed by atoms with van der Waals surface area (Å²) < 4.78 is 34.1. The fourth-order valence-corrected chi connectivity index (χ4v) is 4.81. The molecule has 0 fully saturated rings. The second-order valence-electron chi connectivity index (χ2n) is 8.26. The molecule has 0 bridgehead atoms. The van der Waals surface area contributed by atoms with Crippen LogP contribution in [-0.2, 0) is 15.4 Å². The van der Waals surface area contributed by atoms with Crippen molar-refractivity contribution in [1.82, 2.24) is 0 Å². The fraction of sp³-hybridized carbons (Fsp3) is 0.208. The summed E-state index contributed by atoms with van der Waals surface area (Å²) in [6, 6.07) is 18.7. The van der Waals surface area contributed by atoms with E-state index in [1.807, 2.05) is 12.1 Å². The molecule has 0 aliphatic heterocycles. The van der Waals surface area contributed by atoms with Gasteiger partial charge in [0, 0.05) is 15.7 Å². The Morgan fingerprint density at radius 2 is 1.59 bits per heavy atom. The monoisotopic (exact) mass is 516 g/mol. The van der Waals surface area contributed by atoms with Crippen molar-refractivity contribution < 1.29 is 17.9 Å². The number of rotatable bonds is 6. The molecule has 2 N–H and O–H groups in total. The van der Waals surface area contributed by atoms with Crippen LogP contribution in [0.5, 0.6) is 5.75 Å². The van der Waals surface area contributed by atoms with Gasteiger partial charge in [-0.15, -0.1) is 0 Å². The first-order chi connectivity index (χ1) is 15.0. The van der Waals surface area contributed by atoms with E-state index in [9.17, 15) is 13.2 Å². The molecule has 6 nitrogen and oxygen atoms in total. The molecule has 0 aliphatic rings. The second-order valence-corrected chi connectivity index (χ2v) is 10.8. The number of carbonyl (C=O) groups excluding carboxylic acids is 1. The Hall–Kier alpha value is -2.84. The highest BCUT2D eigenvalue weighted by Gasteiger charge is 2.20. The van der Waals surface area contributed by atoms with E-state index in [1.165, 1.54) is 13.2 Å². The molecule has 0 saturated carbocycles. The van der Waals surface area contributed by atoms with E-state index in [0.29, 0.717) is 21.4 Å². The summed E-state index contributed by atoms with van der Waals surface area (Å²) in [5.74, 6) is -0.0528. The third-order valence-corrected chi connectivity index (χ3v) is 6.70. The molecule has 0 saturated heterocycles. The molecular weight excluding hydrogens is 492 g/mol. The molecule has 0 aliphatic carbocycles. The van der Waals surface area contributed by atoms with Crippen molar-refractivity contribution in [3.63, 3.8) is 0 Å². The molecule has 3 aromatic carbocycles. The van der Waals surface area contributed by atoms with Crippen molar-refractivity contribution in [2.24, 2.45) is 0 Å². The van der Waals surface area contributed by atoms with Gasteiger partial charge in [0.25, 0.3) is 15.9 Å². The highest BCUT2D eigenvalue weighted by Crippen LogP contribution is 2.29. The van der Waals surface area contributed by atoms with Crippen LogP contribution in [0, 0.1) is 0 Å². The third-order valence-electron chi connectivity index (χ3n) is 4.80. The predicted octanol–water partition coefficient (Wildman–Crippen LogP) is 5.81. The Bertz CT molecular complexity index is 1230. The second kappa shape index (κ2) is 9.34. The maximum absolute atomic E-state index is 12.9. The van der Waals surface area contributed by atoms with Crippen molar-refractivity contribution in [1.29, 1.82) is 0 Å². The number of sulfonamides is 1. The molecular formula is C24H25BrN2O4S. The molecule has 0 atom stereocenters. The first-order valence-corrected chi connectivity index (χ1v) is 12.2. The maximum Gasteiger partial charge on any atom is 0.265 e. The van der Waals surface area contributed by atoms with Crippen LogP contribution in [0.4, 0.5) is 11.4 Å². The summed E-state index contributed by atoms with van der Waals surface area (Å²) in [4.78, 5) is 12.6. The van der Waals surface area contributed by atoms with Gasteiger partial charge in [0.2, 0.25) is 0 Å². The molecule has 8 heteroatoms. The zero-order valence-corrected chi connectivity index (χ0v) is 20.7. The largest absolute Gasteiger partial charge is 0.495 e. The smallest absolute Gasteiger partial charge is 0.265 e. The molecule has 3 rings (SSSR count). The Kier molecular flexibility index (Phi) is 6.95. The number of anilines is 2. The first-order valence-electron chi connectivity index (χ1n) is 9.88. The minimum absolute atomic E-state index is 0.00246. The highest BCUT2D eigenvalue weighted by molar-refractivity contribution is 9.10. The molecule has 32 heavy (non-hydrogen) atoms. The molecule has 1 amide bonds. The highest BCUT2D eigenvalue weighted by atomic mass is 79.9. The molecule has 0 radical (unpaired) electrons. The van der Waals surface area contributed by atoms with E-state index in [-0.39, 0.29) is 22.0 Å². The maximum atomic E-state index is 12.9. The number of benzene rings is 3. The number of hydrogen-bond donors (Lipinski definition) is 2. The Balaban J connectivity index is 1.78. The summed E-state index contributed by atoms with van der Waals surface area (Å²) >= 11 is 3.28. The van der Waals surface area contributed by atoms with Crippen molar-refractivity contribution >= 4 is 43.2 Å². The molecule has 0 spiro atoms. The van der Waals surface area contributed by atoms with Crippen molar-refractivity contribution in [3.8, 4) is 5.75 Å². The Morgan fingerprint density at radius 3 is 2.22 bits per heavy atom. The minimum atomic E-state index is -3.91. The van der Waals surface area contributed by atoms with Crippen LogP contribution in [0.1, 0.15) is 36.7 Å². The summed E-state index contributed by atoms with van der Waals surface area (Å²) in [6.07, 6.45) is 0. The number of halogens is 1. The quantitative estimate of drug-likeness (QED) is 0.432. The summed E-state index contributed by atoms with van der Waals surface area (Å²) in [7, 11) is -2.50. The van der Waals surface area contributed by atoms with Gasteiger partial charge in [0.1, 0.15) is 10.6 Å². The van der Waals surface area contributed by atoms with Gasteiger partial charge < -0.3 is 10.1 Å².